The number of benzene rings is 1. The normalized spacial score (nSPS) is 12.7. The van der Waals surface area contributed by atoms with Gasteiger partial charge in [0, 0.05) is 30.4 Å². The highest BCUT2D eigenvalue weighted by atomic mass is 32.1. The molecule has 110 valence electrons. The predicted octanol–water partition coefficient (Wildman–Crippen LogP) is 3.65. The molecule has 1 aromatic carbocycles. The van der Waals surface area contributed by atoms with E-state index in [0.717, 1.165) is 34.1 Å². The van der Waals surface area contributed by atoms with Gasteiger partial charge in [0.05, 0.1) is 12.6 Å². The van der Waals surface area contributed by atoms with Crippen LogP contribution in [0.1, 0.15) is 24.6 Å². The minimum Gasteiger partial charge on any atom is -0.459 e. The van der Waals surface area contributed by atoms with Crippen LogP contribution in [0.2, 0.25) is 0 Å². The summed E-state index contributed by atoms with van der Waals surface area (Å²) in [7, 11) is 1.68. The number of para-hydroxylation sites is 1. The molecule has 1 unspecified atom stereocenters. The second-order valence-electron chi connectivity index (χ2n) is 4.81. The summed E-state index contributed by atoms with van der Waals surface area (Å²) in [6.07, 6.45) is 0.730. The van der Waals surface area contributed by atoms with Crippen LogP contribution in [0.25, 0.3) is 11.0 Å². The Kier molecular flexibility index (Phi) is 4.17. The molecule has 3 rings (SSSR count). The van der Waals surface area contributed by atoms with E-state index in [4.69, 9.17) is 9.15 Å². The number of hydrogen-bond acceptors (Lipinski definition) is 6. The zero-order chi connectivity index (χ0) is 14.7. The topological polar surface area (TPSA) is 60.2 Å². The van der Waals surface area contributed by atoms with Crippen LogP contribution < -0.4 is 5.32 Å². The molecule has 1 N–H and O–H groups in total. The van der Waals surface area contributed by atoms with E-state index in [2.05, 4.69) is 20.7 Å². The molecule has 0 spiro atoms. The van der Waals surface area contributed by atoms with Gasteiger partial charge >= 0.3 is 0 Å². The zero-order valence-corrected chi connectivity index (χ0v) is 12.8. The first-order chi connectivity index (χ1) is 10.3. The summed E-state index contributed by atoms with van der Waals surface area (Å²) in [5, 5.41) is 5.24. The minimum atomic E-state index is 0.0422. The Hall–Kier alpha value is -1.92. The molecule has 21 heavy (non-hydrogen) atoms. The zero-order valence-electron chi connectivity index (χ0n) is 12.0. The number of furan rings is 1. The minimum absolute atomic E-state index is 0.0422. The standard InChI is InChI=1S/C15H17N3O2S/c1-10(13-9-11-5-3-4-6-12(11)20-13)16-15-17-14(18-21-15)7-8-19-2/h3-6,9-10H,7-8H2,1-2H3,(H,16,17,18). The first kappa shape index (κ1) is 14.0. The van der Waals surface area contributed by atoms with E-state index < -0.39 is 0 Å². The van der Waals surface area contributed by atoms with Gasteiger partial charge < -0.3 is 14.5 Å². The molecule has 0 bridgehead atoms. The molecule has 3 aromatic rings. The van der Waals surface area contributed by atoms with Crippen molar-refractivity contribution in [3.8, 4) is 0 Å². The highest BCUT2D eigenvalue weighted by Crippen LogP contribution is 2.26. The lowest BCUT2D eigenvalue weighted by Crippen LogP contribution is -2.05. The van der Waals surface area contributed by atoms with Gasteiger partial charge in [0.1, 0.15) is 17.2 Å². The average molecular weight is 303 g/mol. The lowest BCUT2D eigenvalue weighted by molar-refractivity contribution is 0.201. The maximum absolute atomic E-state index is 5.85. The van der Waals surface area contributed by atoms with Gasteiger partial charge in [-0.05, 0) is 19.1 Å². The largest absolute Gasteiger partial charge is 0.459 e. The highest BCUT2D eigenvalue weighted by Gasteiger charge is 2.13. The fourth-order valence-corrected chi connectivity index (χ4v) is 2.78. The Morgan fingerprint density at radius 2 is 2.24 bits per heavy atom. The number of hydrogen-bond donors (Lipinski definition) is 1. The van der Waals surface area contributed by atoms with Crippen molar-refractivity contribution in [1.29, 1.82) is 0 Å². The van der Waals surface area contributed by atoms with Gasteiger partial charge in [0.15, 0.2) is 0 Å². The molecule has 6 heteroatoms. The van der Waals surface area contributed by atoms with Crippen LogP contribution in [-0.2, 0) is 11.2 Å². The third-order valence-corrected chi connectivity index (χ3v) is 3.89. The van der Waals surface area contributed by atoms with Crippen LogP contribution in [-0.4, -0.2) is 23.1 Å². The number of aromatic nitrogens is 2. The van der Waals surface area contributed by atoms with Crippen molar-refractivity contribution in [3.05, 3.63) is 41.9 Å². The maximum atomic E-state index is 5.85. The molecule has 0 fully saturated rings. The second kappa shape index (κ2) is 6.24. The van der Waals surface area contributed by atoms with Crippen LogP contribution in [0.5, 0.6) is 0 Å². The third-order valence-electron chi connectivity index (χ3n) is 3.21. The van der Waals surface area contributed by atoms with Gasteiger partial charge in [-0.3, -0.25) is 0 Å². The van der Waals surface area contributed by atoms with Crippen molar-refractivity contribution in [2.75, 3.05) is 19.0 Å². The van der Waals surface area contributed by atoms with Crippen LogP contribution >= 0.6 is 11.5 Å². The van der Waals surface area contributed by atoms with Crippen LogP contribution in [0.3, 0.4) is 0 Å². The van der Waals surface area contributed by atoms with Gasteiger partial charge in [-0.15, -0.1) is 0 Å². The molecule has 0 aliphatic heterocycles. The highest BCUT2D eigenvalue weighted by molar-refractivity contribution is 7.09. The van der Waals surface area contributed by atoms with E-state index in [1.807, 2.05) is 31.2 Å². The lowest BCUT2D eigenvalue weighted by Gasteiger charge is -2.08. The third kappa shape index (κ3) is 3.22. The fraction of sp³-hybridized carbons (Fsp3) is 0.333. The van der Waals surface area contributed by atoms with Crippen molar-refractivity contribution in [2.45, 2.75) is 19.4 Å². The number of rotatable bonds is 6. The van der Waals surface area contributed by atoms with Gasteiger partial charge in [0.2, 0.25) is 5.13 Å². The second-order valence-corrected chi connectivity index (χ2v) is 5.56. The van der Waals surface area contributed by atoms with Gasteiger partial charge in [0.25, 0.3) is 0 Å². The summed E-state index contributed by atoms with van der Waals surface area (Å²) in [6, 6.07) is 10.1. The number of methoxy groups -OCH3 is 1. The first-order valence-corrected chi connectivity index (χ1v) is 7.60. The molecule has 2 heterocycles. The molecule has 0 saturated carbocycles. The number of anilines is 1. The summed E-state index contributed by atoms with van der Waals surface area (Å²) >= 11 is 1.36. The molecule has 5 nitrogen and oxygen atoms in total. The maximum Gasteiger partial charge on any atom is 0.203 e. The SMILES string of the molecule is COCCc1nsc(NC(C)c2cc3ccccc3o2)n1. The van der Waals surface area contributed by atoms with Crippen LogP contribution in [0, 0.1) is 0 Å². The molecular weight excluding hydrogens is 286 g/mol. The summed E-state index contributed by atoms with van der Waals surface area (Å²) < 4.78 is 15.2. The van der Waals surface area contributed by atoms with E-state index in [1.165, 1.54) is 11.5 Å². The lowest BCUT2D eigenvalue weighted by atomic mass is 10.2. The molecule has 2 aromatic heterocycles. The van der Waals surface area contributed by atoms with E-state index in [9.17, 15) is 0 Å². The summed E-state index contributed by atoms with van der Waals surface area (Å²) in [5.74, 6) is 1.70. The Labute approximate surface area is 127 Å². The molecule has 0 amide bonds. The number of nitrogens with zero attached hydrogens (tertiary/aromatic N) is 2. The molecule has 0 aliphatic carbocycles. The van der Waals surface area contributed by atoms with E-state index in [0.29, 0.717) is 6.61 Å². The molecule has 1 atom stereocenters. The Morgan fingerprint density at radius 1 is 1.38 bits per heavy atom. The smallest absolute Gasteiger partial charge is 0.203 e. The average Bonchev–Trinajstić information content (AvgIpc) is 3.11. The number of fused-ring (bicyclic) bond motifs is 1. The fourth-order valence-electron chi connectivity index (χ4n) is 2.08. The first-order valence-electron chi connectivity index (χ1n) is 6.83. The van der Waals surface area contributed by atoms with Crippen molar-refractivity contribution >= 4 is 27.6 Å². The quantitative estimate of drug-likeness (QED) is 0.753. The van der Waals surface area contributed by atoms with Gasteiger partial charge in [-0.1, -0.05) is 18.2 Å². The van der Waals surface area contributed by atoms with E-state index in [-0.39, 0.29) is 6.04 Å². The van der Waals surface area contributed by atoms with Gasteiger partial charge in [-0.25, -0.2) is 4.98 Å². The van der Waals surface area contributed by atoms with Crippen molar-refractivity contribution in [2.24, 2.45) is 0 Å². The van der Waals surface area contributed by atoms with Crippen molar-refractivity contribution in [3.63, 3.8) is 0 Å². The molecule has 0 saturated heterocycles. The Bertz CT molecular complexity index is 689. The van der Waals surface area contributed by atoms with Crippen LogP contribution in [0.4, 0.5) is 5.13 Å². The molecular formula is C15H17N3O2S. The van der Waals surface area contributed by atoms with E-state index >= 15 is 0 Å². The predicted molar refractivity (Wildman–Crippen MR) is 83.7 cm³/mol. The number of nitrogens with one attached hydrogen (secondary N) is 1. The summed E-state index contributed by atoms with van der Waals surface area (Å²) in [5.41, 5.74) is 0.902. The monoisotopic (exact) mass is 303 g/mol. The van der Waals surface area contributed by atoms with Crippen molar-refractivity contribution in [1.82, 2.24) is 9.36 Å². The molecule has 0 aliphatic rings. The van der Waals surface area contributed by atoms with Gasteiger partial charge in [-0.2, -0.15) is 4.37 Å². The molecule has 0 radical (unpaired) electrons. The van der Waals surface area contributed by atoms with Crippen LogP contribution in [0.15, 0.2) is 34.7 Å². The Balaban J connectivity index is 1.70. The summed E-state index contributed by atoms with van der Waals surface area (Å²) in [6.45, 7) is 2.68. The number of ether oxygens (including phenoxy) is 1. The van der Waals surface area contributed by atoms with Crippen molar-refractivity contribution < 1.29 is 9.15 Å². The Morgan fingerprint density at radius 3 is 3.05 bits per heavy atom. The van der Waals surface area contributed by atoms with E-state index in [1.54, 1.807) is 7.11 Å². The summed E-state index contributed by atoms with van der Waals surface area (Å²) in [4.78, 5) is 4.44.